The number of esters is 1. The van der Waals surface area contributed by atoms with E-state index in [2.05, 4.69) is 18.9 Å². The van der Waals surface area contributed by atoms with Gasteiger partial charge in [-0.3, -0.25) is 4.68 Å². The van der Waals surface area contributed by atoms with Crippen molar-refractivity contribution >= 4 is 12.0 Å². The summed E-state index contributed by atoms with van der Waals surface area (Å²) in [7, 11) is 0. The van der Waals surface area contributed by atoms with Crippen LogP contribution in [0.25, 0.3) is 6.08 Å². The summed E-state index contributed by atoms with van der Waals surface area (Å²) in [5.74, 6) is -0.255. The lowest BCUT2D eigenvalue weighted by Gasteiger charge is -2.09. The van der Waals surface area contributed by atoms with Gasteiger partial charge in [-0.05, 0) is 51.3 Å². The van der Waals surface area contributed by atoms with Crippen LogP contribution in [0.4, 0.5) is 0 Å². The molecule has 122 valence electrons. The largest absolute Gasteiger partial charge is 0.463 e. The Hall–Kier alpha value is -2.36. The fourth-order valence-electron chi connectivity index (χ4n) is 2.44. The number of nitrogens with zero attached hydrogens (tertiary/aromatic N) is 2. The summed E-state index contributed by atoms with van der Waals surface area (Å²) >= 11 is 0. The van der Waals surface area contributed by atoms with Crippen molar-refractivity contribution in [1.82, 2.24) is 9.78 Å². The number of carbonyl (C=O) groups is 1. The average Bonchev–Trinajstić information content (AvgIpc) is 2.79. The average molecular weight is 312 g/mol. The van der Waals surface area contributed by atoms with Gasteiger partial charge in [-0.2, -0.15) is 5.10 Å². The highest BCUT2D eigenvalue weighted by atomic mass is 16.5. The lowest BCUT2D eigenvalue weighted by atomic mass is 10.1. The van der Waals surface area contributed by atoms with E-state index in [0.717, 1.165) is 17.0 Å². The lowest BCUT2D eigenvalue weighted by molar-refractivity contribution is -0.138. The van der Waals surface area contributed by atoms with Gasteiger partial charge in [0.15, 0.2) is 0 Å². The van der Waals surface area contributed by atoms with Gasteiger partial charge >= 0.3 is 5.97 Å². The predicted molar refractivity (Wildman–Crippen MR) is 92.1 cm³/mol. The zero-order valence-electron chi connectivity index (χ0n) is 14.3. The molecule has 1 heterocycles. The van der Waals surface area contributed by atoms with Crippen molar-refractivity contribution < 1.29 is 9.53 Å². The second-order valence-corrected chi connectivity index (χ2v) is 5.57. The first kappa shape index (κ1) is 17.0. The van der Waals surface area contributed by atoms with Crippen LogP contribution in [0.1, 0.15) is 35.9 Å². The van der Waals surface area contributed by atoms with Crippen LogP contribution in [0.15, 0.2) is 35.9 Å². The van der Waals surface area contributed by atoms with Crippen LogP contribution in [-0.4, -0.2) is 22.4 Å². The van der Waals surface area contributed by atoms with Gasteiger partial charge in [0.05, 0.1) is 12.3 Å². The van der Waals surface area contributed by atoms with Crippen LogP contribution in [0.5, 0.6) is 0 Å². The first-order valence-corrected chi connectivity index (χ1v) is 7.96. The number of ether oxygens (including phenoxy) is 1. The van der Waals surface area contributed by atoms with Gasteiger partial charge in [0.25, 0.3) is 0 Å². The van der Waals surface area contributed by atoms with Gasteiger partial charge < -0.3 is 4.74 Å². The van der Waals surface area contributed by atoms with Crippen molar-refractivity contribution in [2.75, 3.05) is 6.61 Å². The standard InChI is InChI=1S/C19H24N2O2/c1-5-23-19(22)18(13-17-9-7-6-8-10-17)11-12-21-16(4)14(2)15(3)20-21/h6-10,13H,5,11-12H2,1-4H3/b18-13+. The molecule has 0 amide bonds. The number of aromatic nitrogens is 2. The fraction of sp³-hybridized carbons (Fsp3) is 0.368. The van der Waals surface area contributed by atoms with Gasteiger partial charge in [-0.25, -0.2) is 4.79 Å². The number of hydrogen-bond donors (Lipinski definition) is 0. The summed E-state index contributed by atoms with van der Waals surface area (Å²) in [6.45, 7) is 9.00. The molecule has 0 aliphatic carbocycles. The van der Waals surface area contributed by atoms with Gasteiger partial charge in [0, 0.05) is 17.8 Å². The van der Waals surface area contributed by atoms with Gasteiger partial charge in [-0.15, -0.1) is 0 Å². The molecule has 0 spiro atoms. The topological polar surface area (TPSA) is 44.1 Å². The van der Waals surface area contributed by atoms with E-state index in [4.69, 9.17) is 4.74 Å². The van der Waals surface area contributed by atoms with Crippen LogP contribution in [-0.2, 0) is 16.1 Å². The van der Waals surface area contributed by atoms with E-state index in [0.29, 0.717) is 25.1 Å². The second-order valence-electron chi connectivity index (χ2n) is 5.57. The molecule has 0 N–H and O–H groups in total. The number of benzene rings is 1. The first-order chi connectivity index (χ1) is 11.0. The maximum atomic E-state index is 12.2. The summed E-state index contributed by atoms with van der Waals surface area (Å²) in [6, 6.07) is 9.83. The molecule has 23 heavy (non-hydrogen) atoms. The summed E-state index contributed by atoms with van der Waals surface area (Å²) in [5.41, 5.74) is 5.05. The van der Waals surface area contributed by atoms with E-state index < -0.39 is 0 Å². The molecule has 0 bridgehead atoms. The summed E-state index contributed by atoms with van der Waals surface area (Å²) in [4.78, 5) is 12.2. The number of aryl methyl sites for hydroxylation is 2. The van der Waals surface area contributed by atoms with E-state index in [1.54, 1.807) is 0 Å². The Bertz CT molecular complexity index is 700. The van der Waals surface area contributed by atoms with Gasteiger partial charge in [-0.1, -0.05) is 30.3 Å². The molecular formula is C19H24N2O2. The summed E-state index contributed by atoms with van der Waals surface area (Å²) < 4.78 is 7.15. The third-order valence-electron chi connectivity index (χ3n) is 4.01. The zero-order valence-corrected chi connectivity index (χ0v) is 14.3. The van der Waals surface area contributed by atoms with Crippen LogP contribution in [0.2, 0.25) is 0 Å². The maximum absolute atomic E-state index is 12.2. The molecule has 0 atom stereocenters. The van der Waals surface area contributed by atoms with Crippen molar-refractivity contribution in [3.8, 4) is 0 Å². The molecule has 4 nitrogen and oxygen atoms in total. The minimum absolute atomic E-state index is 0.255. The number of hydrogen-bond acceptors (Lipinski definition) is 3. The monoisotopic (exact) mass is 312 g/mol. The molecule has 0 saturated heterocycles. The molecule has 1 aromatic heterocycles. The number of carbonyl (C=O) groups excluding carboxylic acids is 1. The Morgan fingerprint density at radius 2 is 1.91 bits per heavy atom. The van der Waals surface area contributed by atoms with Crippen LogP contribution < -0.4 is 0 Å². The molecule has 0 aliphatic heterocycles. The normalized spacial score (nSPS) is 11.6. The van der Waals surface area contributed by atoms with Crippen molar-refractivity contribution in [2.24, 2.45) is 0 Å². The van der Waals surface area contributed by atoms with Gasteiger partial charge in [0.1, 0.15) is 0 Å². The van der Waals surface area contributed by atoms with Crippen LogP contribution in [0, 0.1) is 20.8 Å². The molecule has 2 rings (SSSR count). The van der Waals surface area contributed by atoms with Crippen molar-refractivity contribution in [1.29, 1.82) is 0 Å². The van der Waals surface area contributed by atoms with E-state index in [1.165, 1.54) is 5.56 Å². The van der Waals surface area contributed by atoms with Crippen molar-refractivity contribution in [3.05, 3.63) is 58.4 Å². The molecule has 0 unspecified atom stereocenters. The Morgan fingerprint density at radius 1 is 1.22 bits per heavy atom. The SMILES string of the molecule is CCOC(=O)/C(=C/c1ccccc1)CCn1nc(C)c(C)c1C. The smallest absolute Gasteiger partial charge is 0.334 e. The molecule has 2 aromatic rings. The molecule has 0 aliphatic rings. The quantitative estimate of drug-likeness (QED) is 0.601. The van der Waals surface area contributed by atoms with Crippen LogP contribution in [0.3, 0.4) is 0 Å². The molecule has 0 radical (unpaired) electrons. The predicted octanol–water partition coefficient (Wildman–Crippen LogP) is 3.85. The number of rotatable bonds is 6. The van der Waals surface area contributed by atoms with Crippen molar-refractivity contribution in [2.45, 2.75) is 40.7 Å². The third kappa shape index (κ3) is 4.31. The Labute approximate surface area is 137 Å². The van der Waals surface area contributed by atoms with E-state index in [-0.39, 0.29) is 5.97 Å². The Kier molecular flexibility index (Phi) is 5.74. The third-order valence-corrected chi connectivity index (χ3v) is 4.01. The first-order valence-electron chi connectivity index (χ1n) is 7.96. The van der Waals surface area contributed by atoms with E-state index in [1.807, 2.05) is 54.9 Å². The highest BCUT2D eigenvalue weighted by Gasteiger charge is 2.13. The fourth-order valence-corrected chi connectivity index (χ4v) is 2.44. The highest BCUT2D eigenvalue weighted by molar-refractivity contribution is 5.93. The lowest BCUT2D eigenvalue weighted by Crippen LogP contribution is -2.11. The van der Waals surface area contributed by atoms with Gasteiger partial charge in [0.2, 0.25) is 0 Å². The Balaban J connectivity index is 2.19. The highest BCUT2D eigenvalue weighted by Crippen LogP contribution is 2.16. The molecule has 4 heteroatoms. The zero-order chi connectivity index (χ0) is 16.8. The molecular weight excluding hydrogens is 288 g/mol. The minimum atomic E-state index is -0.255. The van der Waals surface area contributed by atoms with Crippen LogP contribution >= 0.6 is 0 Å². The molecule has 0 saturated carbocycles. The molecule has 0 fully saturated rings. The Morgan fingerprint density at radius 3 is 2.48 bits per heavy atom. The molecule has 1 aromatic carbocycles. The van der Waals surface area contributed by atoms with Crippen molar-refractivity contribution in [3.63, 3.8) is 0 Å². The minimum Gasteiger partial charge on any atom is -0.463 e. The van der Waals surface area contributed by atoms with E-state index in [9.17, 15) is 4.79 Å². The second kappa shape index (κ2) is 7.77. The maximum Gasteiger partial charge on any atom is 0.334 e. The van der Waals surface area contributed by atoms with E-state index >= 15 is 0 Å². The summed E-state index contributed by atoms with van der Waals surface area (Å²) in [6.07, 6.45) is 2.49. The summed E-state index contributed by atoms with van der Waals surface area (Å²) in [5, 5.41) is 4.53.